The molecule has 0 saturated heterocycles. The summed E-state index contributed by atoms with van der Waals surface area (Å²) in [6.45, 7) is 1.87. The lowest BCUT2D eigenvalue weighted by Crippen LogP contribution is -2.28. The third-order valence-corrected chi connectivity index (χ3v) is 5.65. The molecule has 0 aliphatic carbocycles. The maximum Gasteiger partial charge on any atom is 0.288 e. The van der Waals surface area contributed by atoms with Gasteiger partial charge in [-0.1, -0.05) is 36.4 Å². The number of carbonyl (C=O) groups is 2. The number of furan rings is 1. The second-order valence-electron chi connectivity index (χ2n) is 7.82. The minimum Gasteiger partial charge on any atom is -0.497 e. The van der Waals surface area contributed by atoms with Gasteiger partial charge in [0.05, 0.1) is 18.8 Å². The van der Waals surface area contributed by atoms with Crippen LogP contribution in [0.3, 0.4) is 0 Å². The summed E-state index contributed by atoms with van der Waals surface area (Å²) in [6.07, 6.45) is 0. The number of fused-ring (bicyclic) bond motifs is 2. The van der Waals surface area contributed by atoms with Gasteiger partial charge >= 0.3 is 0 Å². The average Bonchev–Trinajstić information content (AvgIpc) is 3.23. The maximum atomic E-state index is 13.4. The Bertz CT molecular complexity index is 1360. The largest absolute Gasteiger partial charge is 0.497 e. The summed E-state index contributed by atoms with van der Waals surface area (Å²) in [4.78, 5) is 25.0. The Labute approximate surface area is 190 Å². The van der Waals surface area contributed by atoms with Crippen LogP contribution in [0.25, 0.3) is 22.1 Å². The highest BCUT2D eigenvalue weighted by molar-refractivity contribution is 6.08. The molecule has 1 aliphatic heterocycles. The van der Waals surface area contributed by atoms with Crippen LogP contribution in [0.1, 0.15) is 29.1 Å². The normalized spacial score (nSPS) is 13.6. The standard InChI is InChI=1S/C26H22N2O5/c1-15(17-8-11-21-20(12-17)28-23(29)14-32-21)27-26(30)25-24(16-6-4-3-5-7-16)19-10-9-18(31-2)13-22(19)33-25/h3-13,15H,14H2,1-2H3,(H,27,30)(H,28,29). The molecule has 0 spiro atoms. The van der Waals surface area contributed by atoms with Gasteiger partial charge in [-0.25, -0.2) is 0 Å². The summed E-state index contributed by atoms with van der Waals surface area (Å²) < 4.78 is 16.8. The van der Waals surface area contributed by atoms with E-state index in [1.54, 1.807) is 25.3 Å². The average molecular weight is 442 g/mol. The van der Waals surface area contributed by atoms with Gasteiger partial charge in [0.25, 0.3) is 11.8 Å². The summed E-state index contributed by atoms with van der Waals surface area (Å²) in [6, 6.07) is 20.3. The molecule has 1 atom stereocenters. The van der Waals surface area contributed by atoms with Crippen LogP contribution in [0.5, 0.6) is 11.5 Å². The van der Waals surface area contributed by atoms with Crippen molar-refractivity contribution < 1.29 is 23.5 Å². The van der Waals surface area contributed by atoms with Gasteiger partial charge in [0.1, 0.15) is 17.1 Å². The van der Waals surface area contributed by atoms with E-state index in [0.29, 0.717) is 22.8 Å². The number of hydrogen-bond acceptors (Lipinski definition) is 5. The van der Waals surface area contributed by atoms with Gasteiger partial charge in [-0.2, -0.15) is 0 Å². The highest BCUT2D eigenvalue weighted by Crippen LogP contribution is 2.37. The molecule has 5 rings (SSSR count). The Morgan fingerprint density at radius 2 is 1.91 bits per heavy atom. The van der Waals surface area contributed by atoms with Crippen LogP contribution < -0.4 is 20.1 Å². The van der Waals surface area contributed by atoms with Gasteiger partial charge in [0, 0.05) is 17.0 Å². The van der Waals surface area contributed by atoms with Gasteiger partial charge in [-0.15, -0.1) is 0 Å². The van der Waals surface area contributed by atoms with Crippen LogP contribution in [0.2, 0.25) is 0 Å². The molecule has 2 heterocycles. The molecule has 0 radical (unpaired) electrons. The molecule has 166 valence electrons. The van der Waals surface area contributed by atoms with Crippen molar-refractivity contribution in [2.24, 2.45) is 0 Å². The fourth-order valence-corrected chi connectivity index (χ4v) is 3.97. The topological polar surface area (TPSA) is 89.8 Å². The minimum absolute atomic E-state index is 0.00224. The Kier molecular flexibility index (Phi) is 5.22. The number of benzene rings is 3. The lowest BCUT2D eigenvalue weighted by Gasteiger charge is -2.20. The van der Waals surface area contributed by atoms with Crippen LogP contribution >= 0.6 is 0 Å². The Morgan fingerprint density at radius 3 is 2.70 bits per heavy atom. The van der Waals surface area contributed by atoms with Crippen LogP contribution in [0.4, 0.5) is 5.69 Å². The summed E-state index contributed by atoms with van der Waals surface area (Å²) in [5, 5.41) is 6.63. The first kappa shape index (κ1) is 20.6. The van der Waals surface area contributed by atoms with E-state index in [0.717, 1.165) is 22.1 Å². The molecule has 1 aliphatic rings. The number of anilines is 1. The summed E-state index contributed by atoms with van der Waals surface area (Å²) in [5.74, 6) is 0.936. The van der Waals surface area contributed by atoms with Crippen molar-refractivity contribution in [1.82, 2.24) is 5.32 Å². The van der Waals surface area contributed by atoms with Crippen molar-refractivity contribution in [3.8, 4) is 22.6 Å². The number of amides is 2. The van der Waals surface area contributed by atoms with Gasteiger partial charge in [0.15, 0.2) is 6.61 Å². The fraction of sp³-hybridized carbons (Fsp3) is 0.154. The number of methoxy groups -OCH3 is 1. The molecule has 0 fully saturated rings. The molecular formula is C26H22N2O5. The second-order valence-corrected chi connectivity index (χ2v) is 7.82. The molecule has 33 heavy (non-hydrogen) atoms. The zero-order valence-corrected chi connectivity index (χ0v) is 18.2. The molecular weight excluding hydrogens is 420 g/mol. The van der Waals surface area contributed by atoms with Gasteiger partial charge in [-0.3, -0.25) is 9.59 Å². The third-order valence-electron chi connectivity index (χ3n) is 5.65. The van der Waals surface area contributed by atoms with Crippen molar-refractivity contribution in [3.05, 3.63) is 78.1 Å². The quantitative estimate of drug-likeness (QED) is 0.457. The summed E-state index contributed by atoms with van der Waals surface area (Å²) in [5.41, 5.74) is 3.59. The number of nitrogens with one attached hydrogen (secondary N) is 2. The molecule has 7 heteroatoms. The Balaban J connectivity index is 1.49. The zero-order chi connectivity index (χ0) is 22.9. The van der Waals surface area contributed by atoms with Gasteiger partial charge in [0.2, 0.25) is 5.76 Å². The van der Waals surface area contributed by atoms with E-state index < -0.39 is 0 Å². The number of hydrogen-bond donors (Lipinski definition) is 2. The van der Waals surface area contributed by atoms with E-state index in [2.05, 4.69) is 10.6 Å². The van der Waals surface area contributed by atoms with E-state index in [1.165, 1.54) is 0 Å². The predicted octanol–water partition coefficient (Wildman–Crippen LogP) is 4.93. The predicted molar refractivity (Wildman–Crippen MR) is 125 cm³/mol. The maximum absolute atomic E-state index is 13.4. The van der Waals surface area contributed by atoms with Gasteiger partial charge in [-0.05, 0) is 42.3 Å². The second kappa shape index (κ2) is 8.35. The smallest absolute Gasteiger partial charge is 0.288 e. The molecule has 2 N–H and O–H groups in total. The zero-order valence-electron chi connectivity index (χ0n) is 18.2. The lowest BCUT2D eigenvalue weighted by atomic mass is 10.0. The Morgan fingerprint density at radius 1 is 1.09 bits per heavy atom. The molecule has 3 aromatic carbocycles. The van der Waals surface area contributed by atoms with Gasteiger partial charge < -0.3 is 24.5 Å². The molecule has 1 aromatic heterocycles. The van der Waals surface area contributed by atoms with E-state index in [4.69, 9.17) is 13.9 Å². The highest BCUT2D eigenvalue weighted by Gasteiger charge is 2.24. The van der Waals surface area contributed by atoms with Crippen LogP contribution in [0.15, 0.2) is 71.1 Å². The molecule has 0 bridgehead atoms. The summed E-state index contributed by atoms with van der Waals surface area (Å²) >= 11 is 0. The van der Waals surface area contributed by atoms with Crippen molar-refractivity contribution in [2.75, 3.05) is 19.0 Å². The van der Waals surface area contributed by atoms with Crippen molar-refractivity contribution in [3.63, 3.8) is 0 Å². The van der Waals surface area contributed by atoms with Crippen LogP contribution in [-0.4, -0.2) is 25.5 Å². The van der Waals surface area contributed by atoms with E-state index in [1.807, 2.05) is 55.5 Å². The van der Waals surface area contributed by atoms with Crippen molar-refractivity contribution in [1.29, 1.82) is 0 Å². The number of carbonyl (C=O) groups excluding carboxylic acids is 2. The van der Waals surface area contributed by atoms with E-state index >= 15 is 0 Å². The van der Waals surface area contributed by atoms with Crippen LogP contribution in [0, 0.1) is 0 Å². The van der Waals surface area contributed by atoms with E-state index in [9.17, 15) is 9.59 Å². The molecule has 2 amide bonds. The summed E-state index contributed by atoms with van der Waals surface area (Å²) in [7, 11) is 1.59. The molecule has 7 nitrogen and oxygen atoms in total. The highest BCUT2D eigenvalue weighted by atomic mass is 16.5. The van der Waals surface area contributed by atoms with Crippen molar-refractivity contribution >= 4 is 28.5 Å². The SMILES string of the molecule is COc1ccc2c(-c3ccccc3)c(C(=O)NC(C)c3ccc4c(c3)NC(=O)CO4)oc2c1. The number of rotatable bonds is 5. The molecule has 0 saturated carbocycles. The van der Waals surface area contributed by atoms with Crippen molar-refractivity contribution in [2.45, 2.75) is 13.0 Å². The first-order valence-corrected chi connectivity index (χ1v) is 10.6. The minimum atomic E-state index is -0.340. The van der Waals surface area contributed by atoms with E-state index in [-0.39, 0.29) is 30.2 Å². The lowest BCUT2D eigenvalue weighted by molar-refractivity contribution is -0.118. The monoisotopic (exact) mass is 442 g/mol. The first-order valence-electron chi connectivity index (χ1n) is 10.6. The third kappa shape index (κ3) is 3.89. The fourth-order valence-electron chi connectivity index (χ4n) is 3.97. The van der Waals surface area contributed by atoms with Crippen LogP contribution in [-0.2, 0) is 4.79 Å². The molecule has 4 aromatic rings. The Hall–Kier alpha value is -4.26. The number of ether oxygens (including phenoxy) is 2. The first-order chi connectivity index (χ1) is 16.0. The molecule has 1 unspecified atom stereocenters.